The van der Waals surface area contributed by atoms with E-state index in [2.05, 4.69) is 29.6 Å². The van der Waals surface area contributed by atoms with Gasteiger partial charge in [0.1, 0.15) is 6.54 Å². The zero-order valence-electron chi connectivity index (χ0n) is 16.1. The van der Waals surface area contributed by atoms with Crippen LogP contribution in [0.3, 0.4) is 0 Å². The standard InChI is InChI=1S/C22H33N3O/c26-22(17-25-14-11-19-5-1-2-6-20(19)16-25)23-21-9-7-18(8-10-21)15-24-12-3-4-13-24/h7-10,19-20H,1-6,11-17H2,(H,23,26)/p+2/t19-,20-/m1/s1. The summed E-state index contributed by atoms with van der Waals surface area (Å²) < 4.78 is 0. The van der Waals surface area contributed by atoms with Crippen molar-refractivity contribution in [3.63, 3.8) is 0 Å². The molecular weight excluding hydrogens is 322 g/mol. The van der Waals surface area contributed by atoms with Crippen LogP contribution in [0.25, 0.3) is 0 Å². The Morgan fingerprint density at radius 3 is 2.38 bits per heavy atom. The second-order valence-electron chi connectivity index (χ2n) is 8.85. The van der Waals surface area contributed by atoms with E-state index in [1.165, 1.54) is 81.6 Å². The largest absolute Gasteiger partial charge is 0.331 e. The summed E-state index contributed by atoms with van der Waals surface area (Å²) in [6.07, 6.45) is 9.68. The number of amides is 1. The van der Waals surface area contributed by atoms with Gasteiger partial charge in [-0.3, -0.25) is 4.79 Å². The summed E-state index contributed by atoms with van der Waals surface area (Å²) in [6, 6.07) is 8.51. The van der Waals surface area contributed by atoms with Crippen molar-refractivity contribution >= 4 is 11.6 Å². The minimum absolute atomic E-state index is 0.173. The predicted molar refractivity (Wildman–Crippen MR) is 104 cm³/mol. The van der Waals surface area contributed by atoms with Crippen molar-refractivity contribution in [1.82, 2.24) is 0 Å². The average molecular weight is 358 g/mol. The maximum Gasteiger partial charge on any atom is 0.279 e. The number of nitrogens with one attached hydrogen (secondary N) is 3. The van der Waals surface area contributed by atoms with E-state index in [4.69, 9.17) is 0 Å². The molecule has 1 unspecified atom stereocenters. The third-order valence-corrected chi connectivity index (χ3v) is 6.90. The van der Waals surface area contributed by atoms with Crippen molar-refractivity contribution in [2.75, 3.05) is 38.0 Å². The molecule has 26 heavy (non-hydrogen) atoms. The number of fused-ring (bicyclic) bond motifs is 1. The van der Waals surface area contributed by atoms with Crippen molar-refractivity contribution < 1.29 is 14.6 Å². The van der Waals surface area contributed by atoms with Gasteiger partial charge in [0.15, 0.2) is 6.54 Å². The van der Waals surface area contributed by atoms with Gasteiger partial charge in [0.05, 0.1) is 26.2 Å². The van der Waals surface area contributed by atoms with Gasteiger partial charge in [-0.2, -0.15) is 0 Å². The molecule has 0 radical (unpaired) electrons. The maximum atomic E-state index is 12.5. The topological polar surface area (TPSA) is 38.0 Å². The van der Waals surface area contributed by atoms with Crippen molar-refractivity contribution in [3.8, 4) is 0 Å². The molecule has 2 saturated heterocycles. The van der Waals surface area contributed by atoms with Crippen LogP contribution in [-0.4, -0.2) is 38.6 Å². The van der Waals surface area contributed by atoms with Crippen LogP contribution < -0.4 is 15.1 Å². The predicted octanol–water partition coefficient (Wildman–Crippen LogP) is 0.899. The zero-order chi connectivity index (χ0) is 17.8. The molecule has 1 aromatic rings. The summed E-state index contributed by atoms with van der Waals surface area (Å²) in [6.45, 7) is 6.73. The van der Waals surface area contributed by atoms with E-state index >= 15 is 0 Å². The molecule has 4 nitrogen and oxygen atoms in total. The zero-order valence-corrected chi connectivity index (χ0v) is 16.1. The molecule has 1 aliphatic carbocycles. The summed E-state index contributed by atoms with van der Waals surface area (Å²) >= 11 is 0. The number of hydrogen-bond donors (Lipinski definition) is 3. The Morgan fingerprint density at radius 2 is 1.62 bits per heavy atom. The Kier molecular flexibility index (Phi) is 5.91. The molecular formula is C22H35N3O+2. The average Bonchev–Trinajstić information content (AvgIpc) is 3.16. The molecule has 3 fully saturated rings. The van der Waals surface area contributed by atoms with E-state index in [9.17, 15) is 4.79 Å². The van der Waals surface area contributed by atoms with Gasteiger partial charge in [-0.1, -0.05) is 25.0 Å². The molecule has 1 aromatic carbocycles. The molecule has 3 N–H and O–H groups in total. The fourth-order valence-electron chi connectivity index (χ4n) is 5.43. The maximum absolute atomic E-state index is 12.5. The molecule has 2 aliphatic heterocycles. The van der Waals surface area contributed by atoms with Crippen LogP contribution in [0.1, 0.15) is 50.5 Å². The fourth-order valence-corrected chi connectivity index (χ4v) is 5.43. The second-order valence-corrected chi connectivity index (χ2v) is 8.85. The molecule has 0 spiro atoms. The molecule has 0 aromatic heterocycles. The van der Waals surface area contributed by atoms with Gasteiger partial charge >= 0.3 is 0 Å². The van der Waals surface area contributed by atoms with Crippen LogP contribution in [0.2, 0.25) is 0 Å². The summed E-state index contributed by atoms with van der Waals surface area (Å²) in [5, 5.41) is 3.12. The minimum atomic E-state index is 0.173. The number of piperidine rings is 1. The normalized spacial score (nSPS) is 29.3. The Hall–Kier alpha value is -1.39. The molecule has 2 heterocycles. The van der Waals surface area contributed by atoms with Gasteiger partial charge in [-0.25, -0.2) is 0 Å². The molecule has 3 aliphatic rings. The highest BCUT2D eigenvalue weighted by Gasteiger charge is 2.34. The number of benzene rings is 1. The first-order valence-electron chi connectivity index (χ1n) is 10.8. The number of carbonyl (C=O) groups excluding carboxylic acids is 1. The van der Waals surface area contributed by atoms with Gasteiger partial charge in [-0.05, 0) is 37.3 Å². The minimum Gasteiger partial charge on any atom is -0.331 e. The highest BCUT2D eigenvalue weighted by Crippen LogP contribution is 2.32. The Bertz CT molecular complexity index is 594. The molecule has 0 bridgehead atoms. The van der Waals surface area contributed by atoms with Crippen molar-refractivity contribution in [2.45, 2.75) is 51.5 Å². The SMILES string of the molecule is O=C(C[NH+]1CC[C@H]2CCCC[C@@H]2C1)Nc1ccc(C[NH+]2CCCC2)cc1. The van der Waals surface area contributed by atoms with E-state index < -0.39 is 0 Å². The van der Waals surface area contributed by atoms with Crippen LogP contribution in [0.15, 0.2) is 24.3 Å². The van der Waals surface area contributed by atoms with Crippen LogP contribution in [0, 0.1) is 11.8 Å². The fraction of sp³-hybridized carbons (Fsp3) is 0.682. The molecule has 4 rings (SSSR count). The van der Waals surface area contributed by atoms with Gasteiger partial charge < -0.3 is 15.1 Å². The lowest BCUT2D eigenvalue weighted by molar-refractivity contribution is -0.902. The van der Waals surface area contributed by atoms with Gasteiger partial charge in [0, 0.05) is 30.0 Å². The van der Waals surface area contributed by atoms with Crippen LogP contribution >= 0.6 is 0 Å². The number of hydrogen-bond acceptors (Lipinski definition) is 1. The highest BCUT2D eigenvalue weighted by molar-refractivity contribution is 5.91. The number of likely N-dealkylation sites (tertiary alicyclic amines) is 2. The van der Waals surface area contributed by atoms with Crippen molar-refractivity contribution in [3.05, 3.63) is 29.8 Å². The molecule has 3 atom stereocenters. The van der Waals surface area contributed by atoms with E-state index in [-0.39, 0.29) is 5.91 Å². The van der Waals surface area contributed by atoms with Crippen LogP contribution in [0.4, 0.5) is 5.69 Å². The van der Waals surface area contributed by atoms with E-state index in [0.717, 1.165) is 24.1 Å². The lowest BCUT2D eigenvalue weighted by Crippen LogP contribution is -3.15. The lowest BCUT2D eigenvalue weighted by Gasteiger charge is -2.38. The second kappa shape index (κ2) is 8.53. The number of quaternary nitrogens is 2. The lowest BCUT2D eigenvalue weighted by atomic mass is 9.75. The Balaban J connectivity index is 1.24. The molecule has 142 valence electrons. The summed E-state index contributed by atoms with van der Waals surface area (Å²) in [4.78, 5) is 15.6. The smallest absolute Gasteiger partial charge is 0.279 e. The highest BCUT2D eigenvalue weighted by atomic mass is 16.2. The molecule has 4 heteroatoms. The monoisotopic (exact) mass is 357 g/mol. The third kappa shape index (κ3) is 4.66. The summed E-state index contributed by atoms with van der Waals surface area (Å²) in [5.74, 6) is 1.99. The van der Waals surface area contributed by atoms with Crippen molar-refractivity contribution in [2.24, 2.45) is 11.8 Å². The first-order valence-corrected chi connectivity index (χ1v) is 10.8. The molecule has 1 saturated carbocycles. The van der Waals surface area contributed by atoms with E-state index in [0.29, 0.717) is 6.54 Å². The first kappa shape index (κ1) is 18.0. The number of anilines is 1. The third-order valence-electron chi connectivity index (χ3n) is 6.90. The Morgan fingerprint density at radius 1 is 0.885 bits per heavy atom. The van der Waals surface area contributed by atoms with Gasteiger partial charge in [0.25, 0.3) is 5.91 Å². The summed E-state index contributed by atoms with van der Waals surface area (Å²) in [5.41, 5.74) is 2.33. The van der Waals surface area contributed by atoms with Crippen molar-refractivity contribution in [1.29, 1.82) is 0 Å². The molecule has 1 amide bonds. The Labute approximate surface area is 157 Å². The van der Waals surface area contributed by atoms with E-state index in [1.807, 2.05) is 0 Å². The summed E-state index contributed by atoms with van der Waals surface area (Å²) in [7, 11) is 0. The van der Waals surface area contributed by atoms with E-state index in [1.54, 1.807) is 4.90 Å². The first-order chi connectivity index (χ1) is 12.8. The quantitative estimate of drug-likeness (QED) is 0.720. The number of carbonyl (C=O) groups is 1. The number of rotatable bonds is 5. The van der Waals surface area contributed by atoms with Crippen LogP contribution in [-0.2, 0) is 11.3 Å². The van der Waals surface area contributed by atoms with Gasteiger partial charge in [0.2, 0.25) is 0 Å². The van der Waals surface area contributed by atoms with Gasteiger partial charge in [-0.15, -0.1) is 0 Å². The van der Waals surface area contributed by atoms with Crippen LogP contribution in [0.5, 0.6) is 0 Å².